The number of hydrogen-bond acceptors (Lipinski definition) is 1. The summed E-state index contributed by atoms with van der Waals surface area (Å²) >= 11 is 7.75. The van der Waals surface area contributed by atoms with E-state index in [4.69, 9.17) is 11.6 Å². The Labute approximate surface area is 138 Å². The molecule has 0 aliphatic rings. The van der Waals surface area contributed by atoms with Crippen molar-refractivity contribution in [1.29, 1.82) is 0 Å². The molecule has 0 rings (SSSR count). The molecule has 0 aliphatic carbocycles. The highest BCUT2D eigenvalue weighted by Crippen LogP contribution is 2.13. The Morgan fingerprint density at radius 1 is 0.632 bits per heavy atom. The molecular weight excluding hydrogens is 371 g/mol. The number of unbranched alkanes of at least 4 members (excludes halogenated alkanes) is 12. The van der Waals surface area contributed by atoms with Crippen LogP contribution >= 0.6 is 34.2 Å². The molecule has 0 aromatic rings. The lowest BCUT2D eigenvalue weighted by molar-refractivity contribution is -0.111. The summed E-state index contributed by atoms with van der Waals surface area (Å²) in [4.78, 5) is 10.5. The van der Waals surface area contributed by atoms with E-state index < -0.39 is 0 Å². The van der Waals surface area contributed by atoms with Crippen LogP contribution in [0, 0.1) is 0 Å². The minimum Gasteiger partial charge on any atom is -0.281 e. The summed E-state index contributed by atoms with van der Waals surface area (Å²) < 4.78 is 1.32. The SMILES string of the molecule is O=C(Cl)CCCCCCCCCCCCCCCI. The van der Waals surface area contributed by atoms with Gasteiger partial charge in [0.05, 0.1) is 0 Å². The zero-order valence-electron chi connectivity index (χ0n) is 12.3. The minimum atomic E-state index is -0.182. The largest absolute Gasteiger partial charge is 0.281 e. The maximum Gasteiger partial charge on any atom is 0.221 e. The Morgan fingerprint density at radius 2 is 0.947 bits per heavy atom. The van der Waals surface area contributed by atoms with E-state index in [1.165, 1.54) is 75.1 Å². The standard InChI is InChI=1S/C16H30ClIO/c17-16(19)14-12-10-8-6-4-2-1-3-5-7-9-11-13-15-18/h1-15H2. The van der Waals surface area contributed by atoms with Crippen molar-refractivity contribution in [2.75, 3.05) is 4.43 Å². The van der Waals surface area contributed by atoms with Gasteiger partial charge in [0.15, 0.2) is 0 Å². The summed E-state index contributed by atoms with van der Waals surface area (Å²) in [6, 6.07) is 0. The zero-order valence-corrected chi connectivity index (χ0v) is 15.2. The number of carbonyl (C=O) groups is 1. The number of halogens is 2. The first-order valence-corrected chi connectivity index (χ1v) is 9.92. The molecule has 114 valence electrons. The maximum absolute atomic E-state index is 10.5. The van der Waals surface area contributed by atoms with Crippen molar-refractivity contribution in [2.24, 2.45) is 0 Å². The van der Waals surface area contributed by atoms with Gasteiger partial charge in [0, 0.05) is 6.42 Å². The van der Waals surface area contributed by atoms with Crippen molar-refractivity contribution in [2.45, 2.75) is 89.9 Å². The van der Waals surface area contributed by atoms with E-state index in [1.54, 1.807) is 0 Å². The lowest BCUT2D eigenvalue weighted by atomic mass is 10.0. The molecule has 0 aromatic carbocycles. The van der Waals surface area contributed by atoms with Crippen LogP contribution < -0.4 is 0 Å². The molecule has 0 atom stereocenters. The molecule has 1 nitrogen and oxygen atoms in total. The molecule has 0 N–H and O–H groups in total. The second-order valence-electron chi connectivity index (χ2n) is 5.39. The number of rotatable bonds is 15. The Bertz CT molecular complexity index is 197. The number of hydrogen-bond donors (Lipinski definition) is 0. The van der Waals surface area contributed by atoms with E-state index in [0.29, 0.717) is 6.42 Å². The van der Waals surface area contributed by atoms with Gasteiger partial charge in [-0.25, -0.2) is 0 Å². The van der Waals surface area contributed by atoms with Crippen molar-refractivity contribution < 1.29 is 4.79 Å². The van der Waals surface area contributed by atoms with Crippen LogP contribution in [0.25, 0.3) is 0 Å². The molecule has 0 unspecified atom stereocenters. The van der Waals surface area contributed by atoms with Crippen molar-refractivity contribution in [1.82, 2.24) is 0 Å². The van der Waals surface area contributed by atoms with Crippen LogP contribution in [-0.4, -0.2) is 9.67 Å². The van der Waals surface area contributed by atoms with Crippen LogP contribution in [0.1, 0.15) is 89.9 Å². The molecule has 0 amide bonds. The predicted molar refractivity (Wildman–Crippen MR) is 94.4 cm³/mol. The van der Waals surface area contributed by atoms with Gasteiger partial charge in [0.25, 0.3) is 0 Å². The molecule has 0 aliphatic heterocycles. The van der Waals surface area contributed by atoms with E-state index >= 15 is 0 Å². The second-order valence-corrected chi connectivity index (χ2v) is 6.89. The van der Waals surface area contributed by atoms with Gasteiger partial charge < -0.3 is 0 Å². The van der Waals surface area contributed by atoms with Gasteiger partial charge in [-0.3, -0.25) is 4.79 Å². The quantitative estimate of drug-likeness (QED) is 0.130. The molecule has 0 aromatic heterocycles. The highest BCUT2D eigenvalue weighted by Gasteiger charge is 1.96. The third kappa shape index (κ3) is 18.7. The fourth-order valence-corrected chi connectivity index (χ4v) is 2.98. The van der Waals surface area contributed by atoms with Crippen LogP contribution in [0.15, 0.2) is 0 Å². The van der Waals surface area contributed by atoms with Crippen LogP contribution in [0.4, 0.5) is 0 Å². The Kier molecular flexibility index (Phi) is 17.4. The summed E-state index contributed by atoms with van der Waals surface area (Å²) in [6.07, 6.45) is 18.0. The third-order valence-corrected chi connectivity index (χ3v) is 4.46. The zero-order chi connectivity index (χ0) is 14.2. The van der Waals surface area contributed by atoms with Gasteiger partial charge in [-0.2, -0.15) is 0 Å². The van der Waals surface area contributed by atoms with Crippen molar-refractivity contribution in [3.8, 4) is 0 Å². The monoisotopic (exact) mass is 400 g/mol. The van der Waals surface area contributed by atoms with Crippen molar-refractivity contribution in [3.05, 3.63) is 0 Å². The molecule has 0 bridgehead atoms. The maximum atomic E-state index is 10.5. The fraction of sp³-hybridized carbons (Fsp3) is 0.938. The third-order valence-electron chi connectivity index (χ3n) is 3.51. The first kappa shape index (κ1) is 19.7. The Morgan fingerprint density at radius 3 is 1.26 bits per heavy atom. The van der Waals surface area contributed by atoms with Gasteiger partial charge in [0.2, 0.25) is 5.24 Å². The minimum absolute atomic E-state index is 0.182. The number of carbonyl (C=O) groups excluding carboxylic acids is 1. The second kappa shape index (κ2) is 16.7. The van der Waals surface area contributed by atoms with Crippen LogP contribution in [0.3, 0.4) is 0 Å². The van der Waals surface area contributed by atoms with Gasteiger partial charge in [-0.1, -0.05) is 93.2 Å². The van der Waals surface area contributed by atoms with E-state index in [-0.39, 0.29) is 5.24 Å². The molecule has 0 fully saturated rings. The van der Waals surface area contributed by atoms with Crippen LogP contribution in [0.2, 0.25) is 0 Å². The topological polar surface area (TPSA) is 17.1 Å². The molecule has 0 saturated carbocycles. The molecule has 0 saturated heterocycles. The predicted octanol–water partition coefficient (Wildman–Crippen LogP) is 6.65. The molecular formula is C16H30ClIO. The Hall–Kier alpha value is 0.690. The van der Waals surface area contributed by atoms with E-state index in [1.807, 2.05) is 0 Å². The van der Waals surface area contributed by atoms with Gasteiger partial charge in [-0.05, 0) is 28.9 Å². The lowest BCUT2D eigenvalue weighted by Gasteiger charge is -2.02. The first-order chi connectivity index (χ1) is 9.27. The van der Waals surface area contributed by atoms with Crippen LogP contribution in [0.5, 0.6) is 0 Å². The highest BCUT2D eigenvalue weighted by molar-refractivity contribution is 14.1. The van der Waals surface area contributed by atoms with Crippen molar-refractivity contribution >= 4 is 39.4 Å². The summed E-state index contributed by atoms with van der Waals surface area (Å²) in [5, 5.41) is -0.182. The van der Waals surface area contributed by atoms with Gasteiger partial charge in [0.1, 0.15) is 0 Å². The fourth-order valence-electron chi connectivity index (χ4n) is 2.30. The Balaban J connectivity index is 2.93. The molecule has 0 spiro atoms. The summed E-state index contributed by atoms with van der Waals surface area (Å²) in [5.74, 6) is 0. The highest BCUT2D eigenvalue weighted by atomic mass is 127. The first-order valence-electron chi connectivity index (χ1n) is 8.01. The van der Waals surface area contributed by atoms with E-state index in [9.17, 15) is 4.79 Å². The van der Waals surface area contributed by atoms with Gasteiger partial charge >= 0.3 is 0 Å². The molecule has 19 heavy (non-hydrogen) atoms. The van der Waals surface area contributed by atoms with Crippen LogP contribution in [-0.2, 0) is 4.79 Å². The normalized spacial score (nSPS) is 10.8. The summed E-state index contributed by atoms with van der Waals surface area (Å²) in [5.41, 5.74) is 0. The summed E-state index contributed by atoms with van der Waals surface area (Å²) in [6.45, 7) is 0. The molecule has 0 heterocycles. The van der Waals surface area contributed by atoms with E-state index in [2.05, 4.69) is 22.6 Å². The number of alkyl halides is 1. The van der Waals surface area contributed by atoms with Crippen molar-refractivity contribution in [3.63, 3.8) is 0 Å². The lowest BCUT2D eigenvalue weighted by Crippen LogP contribution is -1.86. The average Bonchev–Trinajstić information content (AvgIpc) is 2.39. The van der Waals surface area contributed by atoms with Gasteiger partial charge in [-0.15, -0.1) is 0 Å². The smallest absolute Gasteiger partial charge is 0.221 e. The summed E-state index contributed by atoms with van der Waals surface area (Å²) in [7, 11) is 0. The molecule has 0 radical (unpaired) electrons. The van der Waals surface area contributed by atoms with E-state index in [0.717, 1.165) is 12.8 Å². The molecule has 3 heteroatoms. The average molecular weight is 401 g/mol.